The van der Waals surface area contributed by atoms with Crippen LogP contribution in [0.3, 0.4) is 0 Å². The Morgan fingerprint density at radius 1 is 1.12 bits per heavy atom. The van der Waals surface area contributed by atoms with Crippen LogP contribution in [0, 0.1) is 0 Å². The quantitative estimate of drug-likeness (QED) is 0.842. The molecule has 0 spiro atoms. The number of ether oxygens (including phenoxy) is 1. The zero-order chi connectivity index (χ0) is 11.5. The van der Waals surface area contributed by atoms with Crippen LogP contribution < -0.4 is 5.32 Å². The molecule has 90 valence electrons. The molecule has 3 heteroatoms. The highest BCUT2D eigenvalue weighted by atomic mass is 16.5. The topological polar surface area (TPSA) is 33.6 Å². The lowest BCUT2D eigenvalue weighted by Gasteiger charge is -2.23. The largest absolute Gasteiger partial charge is 0.476 e. The Balaban J connectivity index is 1.75. The van der Waals surface area contributed by atoms with Gasteiger partial charge >= 0.3 is 0 Å². The van der Waals surface area contributed by atoms with Crippen molar-refractivity contribution < 1.29 is 4.74 Å². The summed E-state index contributed by atoms with van der Waals surface area (Å²) < 4.78 is 5.46. The Morgan fingerprint density at radius 2 is 1.88 bits per heavy atom. The van der Waals surface area contributed by atoms with Crippen molar-refractivity contribution in [3.05, 3.63) is 35.4 Å². The monoisotopic (exact) mass is 230 g/mol. The Labute approximate surface area is 102 Å². The minimum atomic E-state index is 0.719. The van der Waals surface area contributed by atoms with Gasteiger partial charge in [0.05, 0.1) is 6.54 Å². The zero-order valence-corrected chi connectivity index (χ0v) is 9.98. The average molecular weight is 230 g/mol. The first-order valence-electron chi connectivity index (χ1n) is 6.42. The van der Waals surface area contributed by atoms with Gasteiger partial charge < -0.3 is 10.1 Å². The van der Waals surface area contributed by atoms with Crippen LogP contribution >= 0.6 is 0 Å². The van der Waals surface area contributed by atoms with E-state index in [4.69, 9.17) is 4.74 Å². The van der Waals surface area contributed by atoms with Crippen molar-refractivity contribution in [2.45, 2.75) is 18.8 Å². The Kier molecular flexibility index (Phi) is 3.10. The molecule has 0 amide bonds. The first-order chi connectivity index (χ1) is 8.43. The molecule has 0 radical (unpaired) electrons. The van der Waals surface area contributed by atoms with Gasteiger partial charge in [0, 0.05) is 5.56 Å². The summed E-state index contributed by atoms with van der Waals surface area (Å²) in [5.74, 6) is 1.53. The fraction of sp³-hybridized carbons (Fsp3) is 0.500. The van der Waals surface area contributed by atoms with Gasteiger partial charge in [-0.25, -0.2) is 4.99 Å². The summed E-state index contributed by atoms with van der Waals surface area (Å²) in [7, 11) is 0. The third kappa shape index (κ3) is 2.34. The summed E-state index contributed by atoms with van der Waals surface area (Å²) in [5, 5.41) is 3.40. The van der Waals surface area contributed by atoms with E-state index in [1.807, 2.05) is 0 Å². The third-order valence-electron chi connectivity index (χ3n) is 3.55. The predicted molar refractivity (Wildman–Crippen MR) is 68.6 cm³/mol. The molecule has 2 aliphatic rings. The van der Waals surface area contributed by atoms with Crippen LogP contribution in [0.15, 0.2) is 29.3 Å². The Bertz CT molecular complexity index is 405. The highest BCUT2D eigenvalue weighted by Gasteiger charge is 2.16. The molecule has 2 heterocycles. The predicted octanol–water partition coefficient (Wildman–Crippen LogP) is 1.93. The summed E-state index contributed by atoms with van der Waals surface area (Å²) in [6, 6.07) is 8.74. The molecule has 3 rings (SSSR count). The fourth-order valence-electron chi connectivity index (χ4n) is 2.56. The van der Waals surface area contributed by atoms with Crippen LogP contribution in [0.5, 0.6) is 0 Å². The average Bonchev–Trinajstić information content (AvgIpc) is 2.94. The molecule has 0 aromatic heterocycles. The van der Waals surface area contributed by atoms with E-state index in [0.29, 0.717) is 0 Å². The smallest absolute Gasteiger partial charge is 0.216 e. The van der Waals surface area contributed by atoms with E-state index in [1.54, 1.807) is 0 Å². The molecule has 17 heavy (non-hydrogen) atoms. The van der Waals surface area contributed by atoms with E-state index >= 15 is 0 Å². The number of nitrogens with one attached hydrogen (secondary N) is 1. The van der Waals surface area contributed by atoms with Crippen molar-refractivity contribution in [2.24, 2.45) is 4.99 Å². The van der Waals surface area contributed by atoms with Gasteiger partial charge in [-0.1, -0.05) is 12.1 Å². The Hall–Kier alpha value is -1.35. The maximum Gasteiger partial charge on any atom is 0.216 e. The molecule has 0 unspecified atom stereocenters. The van der Waals surface area contributed by atoms with Crippen molar-refractivity contribution >= 4 is 5.90 Å². The maximum absolute atomic E-state index is 5.46. The number of nitrogens with zero attached hydrogens (tertiary/aromatic N) is 1. The van der Waals surface area contributed by atoms with Gasteiger partial charge in [0.15, 0.2) is 0 Å². The summed E-state index contributed by atoms with van der Waals surface area (Å²) in [6.45, 7) is 3.81. The summed E-state index contributed by atoms with van der Waals surface area (Å²) >= 11 is 0. The maximum atomic E-state index is 5.46. The van der Waals surface area contributed by atoms with Gasteiger partial charge in [-0.3, -0.25) is 0 Å². The lowest BCUT2D eigenvalue weighted by atomic mass is 9.90. The number of hydrogen-bond acceptors (Lipinski definition) is 3. The van der Waals surface area contributed by atoms with Gasteiger partial charge in [-0.05, 0) is 49.5 Å². The highest BCUT2D eigenvalue weighted by Crippen LogP contribution is 2.25. The van der Waals surface area contributed by atoms with Crippen molar-refractivity contribution in [3.63, 3.8) is 0 Å². The normalized spacial score (nSPS) is 21.1. The van der Waals surface area contributed by atoms with Gasteiger partial charge in [0.1, 0.15) is 6.61 Å². The summed E-state index contributed by atoms with van der Waals surface area (Å²) in [6.07, 6.45) is 2.49. The van der Waals surface area contributed by atoms with Crippen LogP contribution in [0.4, 0.5) is 0 Å². The van der Waals surface area contributed by atoms with Gasteiger partial charge in [0.25, 0.3) is 0 Å². The first kappa shape index (κ1) is 10.8. The molecule has 1 N–H and O–H groups in total. The molecular formula is C14H18N2O. The van der Waals surface area contributed by atoms with E-state index < -0.39 is 0 Å². The van der Waals surface area contributed by atoms with E-state index in [-0.39, 0.29) is 0 Å². The first-order valence-corrected chi connectivity index (χ1v) is 6.42. The molecule has 0 bridgehead atoms. The van der Waals surface area contributed by atoms with E-state index in [2.05, 4.69) is 34.6 Å². The number of benzene rings is 1. The van der Waals surface area contributed by atoms with Crippen molar-refractivity contribution in [3.8, 4) is 0 Å². The molecular weight excluding hydrogens is 212 g/mol. The third-order valence-corrected chi connectivity index (χ3v) is 3.55. The number of rotatable bonds is 2. The second-order valence-corrected chi connectivity index (χ2v) is 4.68. The SMILES string of the molecule is c1cc(C2CCNCC2)ccc1C1=NCCO1. The summed E-state index contributed by atoms with van der Waals surface area (Å²) in [4.78, 5) is 4.33. The highest BCUT2D eigenvalue weighted by molar-refractivity contribution is 5.94. The number of aliphatic imine (C=N–C) groups is 1. The van der Waals surface area contributed by atoms with Gasteiger partial charge in [-0.2, -0.15) is 0 Å². The number of piperidine rings is 1. The van der Waals surface area contributed by atoms with Gasteiger partial charge in [0.2, 0.25) is 5.90 Å². The molecule has 1 fully saturated rings. The Morgan fingerprint density at radius 3 is 2.53 bits per heavy atom. The minimum Gasteiger partial charge on any atom is -0.476 e. The van der Waals surface area contributed by atoms with Crippen LogP contribution in [0.1, 0.15) is 29.9 Å². The van der Waals surface area contributed by atoms with Crippen LogP contribution in [0.2, 0.25) is 0 Å². The second kappa shape index (κ2) is 4.88. The lowest BCUT2D eigenvalue weighted by Crippen LogP contribution is -2.26. The molecule has 0 saturated carbocycles. The van der Waals surface area contributed by atoms with Crippen molar-refractivity contribution in [2.75, 3.05) is 26.2 Å². The van der Waals surface area contributed by atoms with Crippen molar-refractivity contribution in [1.82, 2.24) is 5.32 Å². The molecule has 0 aliphatic carbocycles. The second-order valence-electron chi connectivity index (χ2n) is 4.68. The van der Waals surface area contributed by atoms with Gasteiger partial charge in [-0.15, -0.1) is 0 Å². The molecule has 1 aromatic rings. The summed E-state index contributed by atoms with van der Waals surface area (Å²) in [5.41, 5.74) is 2.56. The fourth-order valence-corrected chi connectivity index (χ4v) is 2.56. The van der Waals surface area contributed by atoms with Crippen LogP contribution in [-0.4, -0.2) is 32.1 Å². The zero-order valence-electron chi connectivity index (χ0n) is 9.98. The molecule has 2 aliphatic heterocycles. The van der Waals surface area contributed by atoms with E-state index in [9.17, 15) is 0 Å². The standard InChI is InChI=1S/C14H18N2O/c1-3-13(14-16-9-10-17-14)4-2-11(1)12-5-7-15-8-6-12/h1-4,12,15H,5-10H2. The van der Waals surface area contributed by atoms with Crippen LogP contribution in [0.25, 0.3) is 0 Å². The number of hydrogen-bond donors (Lipinski definition) is 1. The van der Waals surface area contributed by atoms with E-state index in [0.717, 1.165) is 43.6 Å². The van der Waals surface area contributed by atoms with E-state index in [1.165, 1.54) is 18.4 Å². The molecule has 0 atom stereocenters. The van der Waals surface area contributed by atoms with Crippen molar-refractivity contribution in [1.29, 1.82) is 0 Å². The molecule has 3 nitrogen and oxygen atoms in total. The lowest BCUT2D eigenvalue weighted by molar-refractivity contribution is 0.348. The minimum absolute atomic E-state index is 0.719. The van der Waals surface area contributed by atoms with Crippen LogP contribution in [-0.2, 0) is 4.74 Å². The molecule has 1 saturated heterocycles. The molecule has 1 aromatic carbocycles.